The molecule has 0 aliphatic carbocycles. The summed E-state index contributed by atoms with van der Waals surface area (Å²) in [6.45, 7) is -0.0576. The Morgan fingerprint density at radius 2 is 1.62 bits per heavy atom. The molecule has 0 fully saturated rings. The van der Waals surface area contributed by atoms with E-state index in [2.05, 4.69) is 15.9 Å². The molecule has 0 heterocycles. The number of halogens is 10. The van der Waals surface area contributed by atoms with Crippen LogP contribution in [0.3, 0.4) is 0 Å². The Morgan fingerprint density at radius 3 is 2.14 bits per heavy atom. The number of hydrogen-bond donors (Lipinski definition) is 1. The highest BCUT2D eigenvalue weighted by atomic mass is 79.9. The highest BCUT2D eigenvalue weighted by Crippen LogP contribution is 2.41. The highest BCUT2D eigenvalue weighted by Gasteiger charge is 2.39. The van der Waals surface area contributed by atoms with Crippen molar-refractivity contribution >= 4 is 68.5 Å². The molecule has 0 bridgehead atoms. The zero-order valence-corrected chi connectivity index (χ0v) is 22.8. The smallest absolute Gasteiger partial charge is 0.347 e. The zero-order chi connectivity index (χ0) is 28.1. The average molecular weight is 654 g/mol. The van der Waals surface area contributed by atoms with Crippen LogP contribution in [-0.2, 0) is 4.79 Å². The number of hydrogen-bond acceptors (Lipinski definition) is 2. The lowest BCUT2D eigenvalue weighted by atomic mass is 9.96. The van der Waals surface area contributed by atoms with Crippen molar-refractivity contribution in [1.82, 2.24) is 5.32 Å². The Labute approximate surface area is 232 Å². The molecule has 37 heavy (non-hydrogen) atoms. The van der Waals surface area contributed by atoms with E-state index in [-0.39, 0.29) is 39.0 Å². The van der Waals surface area contributed by atoms with Crippen LogP contribution >= 0.6 is 50.7 Å². The SMILES string of the molecule is CC(CCC(=O)c1ccc(/C=C/C(c2cc(Cl)c(Cl)c(Cl)c2)C(F)(F)F)cc1Br)C(=O)NCC(F)(F)F. The van der Waals surface area contributed by atoms with E-state index < -0.39 is 42.4 Å². The summed E-state index contributed by atoms with van der Waals surface area (Å²) in [6.07, 6.45) is -7.17. The molecule has 13 heteroatoms. The van der Waals surface area contributed by atoms with Crippen molar-refractivity contribution < 1.29 is 35.9 Å². The summed E-state index contributed by atoms with van der Waals surface area (Å²) >= 11 is 20.8. The Balaban J connectivity index is 2.12. The first kappa shape index (κ1) is 31.5. The minimum absolute atomic E-state index is 0.0100. The van der Waals surface area contributed by atoms with Crippen LogP contribution < -0.4 is 5.32 Å². The molecule has 1 N–H and O–H groups in total. The van der Waals surface area contributed by atoms with Crippen LogP contribution in [0.4, 0.5) is 26.3 Å². The Hall–Kier alpha value is -1.75. The number of alkyl halides is 6. The molecule has 0 spiro atoms. The molecule has 0 radical (unpaired) electrons. The van der Waals surface area contributed by atoms with Crippen LogP contribution in [0.5, 0.6) is 0 Å². The van der Waals surface area contributed by atoms with Gasteiger partial charge in [-0.2, -0.15) is 26.3 Å². The maximum Gasteiger partial charge on any atom is 0.405 e. The van der Waals surface area contributed by atoms with Gasteiger partial charge in [0.15, 0.2) is 5.78 Å². The average Bonchev–Trinajstić information content (AvgIpc) is 2.77. The van der Waals surface area contributed by atoms with Crippen molar-refractivity contribution in [3.63, 3.8) is 0 Å². The van der Waals surface area contributed by atoms with E-state index in [1.807, 2.05) is 0 Å². The van der Waals surface area contributed by atoms with E-state index in [0.29, 0.717) is 10.0 Å². The van der Waals surface area contributed by atoms with Crippen molar-refractivity contribution in [3.05, 3.63) is 72.6 Å². The van der Waals surface area contributed by atoms with E-state index in [1.54, 1.807) is 5.32 Å². The van der Waals surface area contributed by atoms with Gasteiger partial charge in [0.25, 0.3) is 0 Å². The first-order valence-electron chi connectivity index (χ1n) is 10.6. The summed E-state index contributed by atoms with van der Waals surface area (Å²) in [5, 5.41) is 1.47. The van der Waals surface area contributed by atoms with Gasteiger partial charge in [-0.25, -0.2) is 0 Å². The van der Waals surface area contributed by atoms with Crippen molar-refractivity contribution in [2.75, 3.05) is 6.54 Å². The molecule has 2 atom stereocenters. The molecule has 2 aromatic rings. The first-order chi connectivity index (χ1) is 17.0. The summed E-state index contributed by atoms with van der Waals surface area (Å²) in [4.78, 5) is 24.3. The maximum absolute atomic E-state index is 13.7. The van der Waals surface area contributed by atoms with Crippen LogP contribution in [0.1, 0.15) is 47.2 Å². The number of carbonyl (C=O) groups excluding carboxylic acids is 2. The molecule has 202 valence electrons. The minimum Gasteiger partial charge on any atom is -0.347 e. The van der Waals surface area contributed by atoms with Crippen molar-refractivity contribution in [1.29, 1.82) is 0 Å². The Morgan fingerprint density at radius 1 is 1.03 bits per heavy atom. The number of Topliss-reactive ketones (excluding diaryl/α,β-unsaturated/α-hetero) is 1. The molecule has 0 saturated heterocycles. The molecule has 1 amide bonds. The summed E-state index contributed by atoms with van der Waals surface area (Å²) in [7, 11) is 0. The lowest BCUT2D eigenvalue weighted by molar-refractivity contribution is -0.140. The molecular weight excluding hydrogens is 635 g/mol. The number of ketones is 1. The molecular formula is C24H19BrCl3F6NO2. The molecule has 0 aliphatic rings. The zero-order valence-electron chi connectivity index (χ0n) is 18.9. The highest BCUT2D eigenvalue weighted by molar-refractivity contribution is 9.10. The van der Waals surface area contributed by atoms with Gasteiger partial charge in [-0.15, -0.1) is 0 Å². The van der Waals surface area contributed by atoms with Gasteiger partial charge in [-0.3, -0.25) is 9.59 Å². The Kier molecular flexibility index (Phi) is 10.9. The van der Waals surface area contributed by atoms with Gasteiger partial charge in [0.1, 0.15) is 6.54 Å². The van der Waals surface area contributed by atoms with Crippen LogP contribution in [0.15, 0.2) is 40.9 Å². The van der Waals surface area contributed by atoms with Gasteiger partial charge in [-0.1, -0.05) is 75.9 Å². The van der Waals surface area contributed by atoms with Gasteiger partial charge in [0, 0.05) is 22.4 Å². The van der Waals surface area contributed by atoms with Gasteiger partial charge in [-0.05, 0) is 41.8 Å². The molecule has 3 nitrogen and oxygen atoms in total. The fourth-order valence-electron chi connectivity index (χ4n) is 3.21. The van der Waals surface area contributed by atoms with Gasteiger partial charge in [0.2, 0.25) is 5.91 Å². The quantitative estimate of drug-likeness (QED) is 0.167. The Bertz CT molecular complexity index is 1160. The summed E-state index contributed by atoms with van der Waals surface area (Å²) in [5.41, 5.74) is 0.356. The number of amides is 1. The third kappa shape index (κ3) is 9.50. The number of allylic oxidation sites excluding steroid dienone is 1. The van der Waals surface area contributed by atoms with Crippen LogP contribution in [0.2, 0.25) is 15.1 Å². The van der Waals surface area contributed by atoms with Crippen molar-refractivity contribution in [2.45, 2.75) is 38.0 Å². The van der Waals surface area contributed by atoms with Gasteiger partial charge >= 0.3 is 12.4 Å². The van der Waals surface area contributed by atoms with Crippen LogP contribution in [0.25, 0.3) is 6.08 Å². The third-order valence-electron chi connectivity index (χ3n) is 5.21. The standard InChI is InChI=1S/C24H19BrCl3F6NO2/c1-12(22(37)35-11-23(29,30)31)2-7-20(36)15-5-3-13(8-17(15)25)4-6-16(24(32,33)34)14-9-18(26)21(28)19(27)10-14/h3-6,8-10,12,16H,2,7,11H2,1H3,(H,35,37)/b6-4+. The van der Waals surface area contributed by atoms with Crippen LogP contribution in [0, 0.1) is 5.92 Å². The summed E-state index contributed by atoms with van der Waals surface area (Å²) in [6, 6.07) is 6.45. The number of nitrogens with one attached hydrogen (secondary N) is 1. The largest absolute Gasteiger partial charge is 0.405 e. The lowest BCUT2D eigenvalue weighted by Crippen LogP contribution is -2.37. The molecule has 0 aromatic heterocycles. The fraction of sp³-hybridized carbons (Fsp3) is 0.333. The maximum atomic E-state index is 13.7. The second-order valence-electron chi connectivity index (χ2n) is 8.11. The van der Waals surface area contributed by atoms with Crippen molar-refractivity contribution in [3.8, 4) is 0 Å². The summed E-state index contributed by atoms with van der Waals surface area (Å²) in [5.74, 6) is -4.09. The topological polar surface area (TPSA) is 46.2 Å². The third-order valence-corrected chi connectivity index (χ3v) is 7.06. The van der Waals surface area contributed by atoms with E-state index in [1.165, 1.54) is 31.2 Å². The second kappa shape index (κ2) is 12.9. The molecule has 2 aromatic carbocycles. The number of rotatable bonds is 9. The molecule has 2 unspecified atom stereocenters. The fourth-order valence-corrected chi connectivity index (χ4v) is 4.44. The molecule has 2 rings (SSSR count). The normalized spacial score (nSPS) is 14.0. The van der Waals surface area contributed by atoms with Crippen molar-refractivity contribution in [2.24, 2.45) is 5.92 Å². The number of benzene rings is 2. The van der Waals surface area contributed by atoms with E-state index in [0.717, 1.165) is 18.2 Å². The van der Waals surface area contributed by atoms with E-state index in [9.17, 15) is 35.9 Å². The summed E-state index contributed by atoms with van der Waals surface area (Å²) < 4.78 is 78.2. The molecule has 0 saturated carbocycles. The first-order valence-corrected chi connectivity index (χ1v) is 12.5. The molecule has 0 aliphatic heterocycles. The second-order valence-corrected chi connectivity index (χ2v) is 10.2. The minimum atomic E-state index is -4.66. The van der Waals surface area contributed by atoms with Gasteiger partial charge in [0.05, 0.1) is 21.0 Å². The predicted molar refractivity (Wildman–Crippen MR) is 135 cm³/mol. The van der Waals surface area contributed by atoms with E-state index in [4.69, 9.17) is 34.8 Å². The lowest BCUT2D eigenvalue weighted by Gasteiger charge is -2.18. The predicted octanol–water partition coefficient (Wildman–Crippen LogP) is 9.05. The van der Waals surface area contributed by atoms with Gasteiger partial charge < -0.3 is 5.32 Å². The number of carbonyl (C=O) groups is 2. The van der Waals surface area contributed by atoms with Crippen LogP contribution in [-0.4, -0.2) is 30.6 Å². The van der Waals surface area contributed by atoms with E-state index >= 15 is 0 Å². The monoisotopic (exact) mass is 651 g/mol.